The molecule has 1 saturated heterocycles. The molecule has 0 spiro atoms. The maximum atomic E-state index is 12.4. The number of aryl methyl sites for hydroxylation is 1. The summed E-state index contributed by atoms with van der Waals surface area (Å²) in [4.78, 5) is 26.1. The Kier molecular flexibility index (Phi) is 5.05. The molecule has 1 fully saturated rings. The van der Waals surface area contributed by atoms with Gasteiger partial charge in [-0.1, -0.05) is 23.7 Å². The van der Waals surface area contributed by atoms with Crippen molar-refractivity contribution in [2.75, 3.05) is 13.1 Å². The Balaban J connectivity index is 1.58. The molecule has 2 aromatic rings. The van der Waals surface area contributed by atoms with Gasteiger partial charge in [0.05, 0.1) is 6.42 Å². The van der Waals surface area contributed by atoms with Crippen LogP contribution in [0.25, 0.3) is 0 Å². The molecule has 5 heteroatoms. The molecule has 0 radical (unpaired) electrons. The lowest BCUT2D eigenvalue weighted by atomic mass is 9.90. The molecule has 126 valence electrons. The average Bonchev–Trinajstić information content (AvgIpc) is 2.59. The Labute approximate surface area is 146 Å². The van der Waals surface area contributed by atoms with Gasteiger partial charge in [0.15, 0.2) is 0 Å². The van der Waals surface area contributed by atoms with Crippen LogP contribution in [0.1, 0.15) is 29.9 Å². The van der Waals surface area contributed by atoms with E-state index in [-0.39, 0.29) is 11.5 Å². The first-order valence-electron chi connectivity index (χ1n) is 8.22. The number of hydrogen-bond donors (Lipinski definition) is 0. The van der Waals surface area contributed by atoms with Crippen LogP contribution in [0.5, 0.6) is 0 Å². The number of pyridine rings is 1. The summed E-state index contributed by atoms with van der Waals surface area (Å²) in [6.45, 7) is 1.48. The molecule has 0 N–H and O–H groups in total. The number of halogens is 1. The zero-order valence-electron chi connectivity index (χ0n) is 13.7. The molecular weight excluding hydrogens is 324 g/mol. The SMILES string of the molecule is Cn1ccc(C2CCN(C(=O)Cc3ccc(Cl)cc3)CC2)cc1=O. The van der Waals surface area contributed by atoms with E-state index in [1.807, 2.05) is 41.4 Å². The quantitative estimate of drug-likeness (QED) is 0.859. The van der Waals surface area contributed by atoms with Gasteiger partial charge in [-0.2, -0.15) is 0 Å². The highest BCUT2D eigenvalue weighted by Crippen LogP contribution is 2.27. The van der Waals surface area contributed by atoms with E-state index in [4.69, 9.17) is 11.6 Å². The first-order chi connectivity index (χ1) is 11.5. The Morgan fingerprint density at radius 2 is 1.83 bits per heavy atom. The first kappa shape index (κ1) is 16.8. The molecule has 0 bridgehead atoms. The predicted octanol–water partition coefficient (Wildman–Crippen LogP) is 2.99. The van der Waals surface area contributed by atoms with Gasteiger partial charge < -0.3 is 9.47 Å². The second kappa shape index (κ2) is 7.22. The molecule has 1 aliphatic rings. The van der Waals surface area contributed by atoms with E-state index in [0.29, 0.717) is 17.4 Å². The molecule has 1 aromatic heterocycles. The van der Waals surface area contributed by atoms with Gasteiger partial charge in [0, 0.05) is 37.4 Å². The Hall–Kier alpha value is -2.07. The van der Waals surface area contributed by atoms with Crippen molar-refractivity contribution in [2.24, 2.45) is 7.05 Å². The number of rotatable bonds is 3. The van der Waals surface area contributed by atoms with E-state index in [1.54, 1.807) is 17.7 Å². The van der Waals surface area contributed by atoms with Crippen molar-refractivity contribution in [3.8, 4) is 0 Å². The van der Waals surface area contributed by atoms with Gasteiger partial charge in [-0.25, -0.2) is 0 Å². The molecule has 3 rings (SSSR count). The molecule has 1 aliphatic heterocycles. The number of amides is 1. The smallest absolute Gasteiger partial charge is 0.250 e. The van der Waals surface area contributed by atoms with Crippen LogP contribution in [0.4, 0.5) is 0 Å². The number of carbonyl (C=O) groups is 1. The maximum Gasteiger partial charge on any atom is 0.250 e. The number of piperidine rings is 1. The summed E-state index contributed by atoms with van der Waals surface area (Å²) < 4.78 is 1.58. The van der Waals surface area contributed by atoms with Crippen molar-refractivity contribution in [3.05, 3.63) is 69.1 Å². The number of hydrogen-bond acceptors (Lipinski definition) is 2. The predicted molar refractivity (Wildman–Crippen MR) is 95.4 cm³/mol. The van der Waals surface area contributed by atoms with Crippen molar-refractivity contribution in [2.45, 2.75) is 25.2 Å². The maximum absolute atomic E-state index is 12.4. The molecule has 4 nitrogen and oxygen atoms in total. The van der Waals surface area contributed by atoms with Crippen LogP contribution in [-0.4, -0.2) is 28.5 Å². The zero-order valence-corrected chi connectivity index (χ0v) is 14.5. The van der Waals surface area contributed by atoms with Crippen molar-refractivity contribution in [1.82, 2.24) is 9.47 Å². The molecule has 24 heavy (non-hydrogen) atoms. The van der Waals surface area contributed by atoms with Crippen LogP contribution in [0.15, 0.2) is 47.4 Å². The minimum Gasteiger partial charge on any atom is -0.342 e. The summed E-state index contributed by atoms with van der Waals surface area (Å²) >= 11 is 5.87. The van der Waals surface area contributed by atoms with Gasteiger partial charge in [0.1, 0.15) is 0 Å². The van der Waals surface area contributed by atoms with Crippen molar-refractivity contribution in [1.29, 1.82) is 0 Å². The Morgan fingerprint density at radius 1 is 1.17 bits per heavy atom. The largest absolute Gasteiger partial charge is 0.342 e. The van der Waals surface area contributed by atoms with Crippen LogP contribution < -0.4 is 5.56 Å². The summed E-state index contributed by atoms with van der Waals surface area (Å²) in [5.74, 6) is 0.512. The van der Waals surface area contributed by atoms with Gasteiger partial charge in [-0.3, -0.25) is 9.59 Å². The third-order valence-corrected chi connectivity index (χ3v) is 4.97. The van der Waals surface area contributed by atoms with E-state index in [9.17, 15) is 9.59 Å². The highest BCUT2D eigenvalue weighted by molar-refractivity contribution is 6.30. The third-order valence-electron chi connectivity index (χ3n) is 4.72. The van der Waals surface area contributed by atoms with Gasteiger partial charge in [0.2, 0.25) is 5.91 Å². The lowest BCUT2D eigenvalue weighted by molar-refractivity contribution is -0.131. The van der Waals surface area contributed by atoms with Crippen LogP contribution in [0.2, 0.25) is 5.02 Å². The van der Waals surface area contributed by atoms with E-state index >= 15 is 0 Å². The third kappa shape index (κ3) is 3.88. The topological polar surface area (TPSA) is 42.3 Å². The number of carbonyl (C=O) groups excluding carboxylic acids is 1. The fourth-order valence-corrected chi connectivity index (χ4v) is 3.29. The molecule has 0 atom stereocenters. The van der Waals surface area contributed by atoms with Gasteiger partial charge >= 0.3 is 0 Å². The van der Waals surface area contributed by atoms with Crippen molar-refractivity contribution in [3.63, 3.8) is 0 Å². The fraction of sp³-hybridized carbons (Fsp3) is 0.368. The first-order valence-corrected chi connectivity index (χ1v) is 8.59. The van der Waals surface area contributed by atoms with Gasteiger partial charge in [-0.15, -0.1) is 0 Å². The Bertz CT molecular complexity index is 775. The summed E-state index contributed by atoms with van der Waals surface area (Å²) in [5, 5.41) is 0.681. The number of aromatic nitrogens is 1. The summed E-state index contributed by atoms with van der Waals surface area (Å²) in [5.41, 5.74) is 2.09. The lowest BCUT2D eigenvalue weighted by Crippen LogP contribution is -2.39. The van der Waals surface area contributed by atoms with E-state index in [2.05, 4.69) is 0 Å². The molecule has 0 unspecified atom stereocenters. The zero-order chi connectivity index (χ0) is 17.1. The standard InChI is InChI=1S/C19H21ClN2O2/c1-21-9-6-16(13-18(21)23)15-7-10-22(11-8-15)19(24)12-14-2-4-17(20)5-3-14/h2-6,9,13,15H,7-8,10-12H2,1H3. The molecule has 1 aromatic carbocycles. The molecular formula is C19H21ClN2O2. The molecule has 2 heterocycles. The lowest BCUT2D eigenvalue weighted by Gasteiger charge is -2.32. The van der Waals surface area contributed by atoms with Gasteiger partial charge in [-0.05, 0) is 48.1 Å². The van der Waals surface area contributed by atoms with Crippen LogP contribution in [0, 0.1) is 0 Å². The van der Waals surface area contributed by atoms with E-state index < -0.39 is 0 Å². The second-order valence-corrected chi connectivity index (χ2v) is 6.80. The van der Waals surface area contributed by atoms with Crippen molar-refractivity contribution < 1.29 is 4.79 Å². The monoisotopic (exact) mass is 344 g/mol. The number of benzene rings is 1. The summed E-state index contributed by atoms with van der Waals surface area (Å²) in [6.07, 6.45) is 4.03. The molecule has 0 aliphatic carbocycles. The Morgan fingerprint density at radius 3 is 2.46 bits per heavy atom. The van der Waals surface area contributed by atoms with Crippen molar-refractivity contribution >= 4 is 17.5 Å². The van der Waals surface area contributed by atoms with E-state index in [0.717, 1.165) is 37.1 Å². The fourth-order valence-electron chi connectivity index (χ4n) is 3.17. The number of nitrogens with zero attached hydrogens (tertiary/aromatic N) is 2. The van der Waals surface area contributed by atoms with Gasteiger partial charge in [0.25, 0.3) is 5.56 Å². The summed E-state index contributed by atoms with van der Waals surface area (Å²) in [7, 11) is 1.75. The minimum absolute atomic E-state index is 0.0220. The molecule has 1 amide bonds. The molecule has 0 saturated carbocycles. The highest BCUT2D eigenvalue weighted by atomic mass is 35.5. The minimum atomic E-state index is 0.0220. The van der Waals surface area contributed by atoms with E-state index in [1.165, 1.54) is 0 Å². The van der Waals surface area contributed by atoms with Crippen LogP contribution in [-0.2, 0) is 18.3 Å². The van der Waals surface area contributed by atoms with Crippen LogP contribution in [0.3, 0.4) is 0 Å². The number of likely N-dealkylation sites (tertiary alicyclic amines) is 1. The normalized spacial score (nSPS) is 15.5. The van der Waals surface area contributed by atoms with Crippen LogP contribution >= 0.6 is 11.6 Å². The highest BCUT2D eigenvalue weighted by Gasteiger charge is 2.24. The summed E-state index contributed by atoms with van der Waals surface area (Å²) in [6, 6.07) is 11.1. The second-order valence-electron chi connectivity index (χ2n) is 6.37. The average molecular weight is 345 g/mol.